The van der Waals surface area contributed by atoms with Crippen LogP contribution < -0.4 is 5.73 Å². The lowest BCUT2D eigenvalue weighted by Gasteiger charge is -2.25. The fourth-order valence-corrected chi connectivity index (χ4v) is 2.40. The molecule has 0 aromatic carbocycles. The van der Waals surface area contributed by atoms with Gasteiger partial charge in [0.15, 0.2) is 0 Å². The van der Waals surface area contributed by atoms with Gasteiger partial charge in [-0.2, -0.15) is 0 Å². The highest BCUT2D eigenvalue weighted by Gasteiger charge is 2.26. The Morgan fingerprint density at radius 1 is 1.15 bits per heavy atom. The Hall–Kier alpha value is -0.120. The van der Waals surface area contributed by atoms with Crippen LogP contribution in [-0.2, 0) is 4.74 Å². The van der Waals surface area contributed by atoms with E-state index >= 15 is 0 Å². The van der Waals surface area contributed by atoms with Gasteiger partial charge in [-0.25, -0.2) is 0 Å². The Kier molecular flexibility index (Phi) is 3.19. The summed E-state index contributed by atoms with van der Waals surface area (Å²) < 4.78 is 5.45. The molecule has 2 N–H and O–H groups in total. The highest BCUT2D eigenvalue weighted by Crippen LogP contribution is 2.19. The first-order chi connectivity index (χ1) is 6.36. The highest BCUT2D eigenvalue weighted by molar-refractivity contribution is 4.83. The minimum Gasteiger partial charge on any atom is -0.381 e. The van der Waals surface area contributed by atoms with Crippen LogP contribution >= 0.6 is 0 Å². The van der Waals surface area contributed by atoms with E-state index in [4.69, 9.17) is 10.5 Å². The Morgan fingerprint density at radius 2 is 2.08 bits per heavy atom. The van der Waals surface area contributed by atoms with Crippen molar-refractivity contribution < 1.29 is 4.74 Å². The monoisotopic (exact) mass is 184 g/mol. The maximum Gasteiger partial charge on any atom is 0.0480 e. The molecule has 2 atom stereocenters. The lowest BCUT2D eigenvalue weighted by molar-refractivity contribution is 0.134. The minimum absolute atomic E-state index is 0.421. The first-order valence-corrected chi connectivity index (χ1v) is 5.43. The zero-order chi connectivity index (χ0) is 9.10. The van der Waals surface area contributed by atoms with Crippen molar-refractivity contribution in [3.05, 3.63) is 0 Å². The molecule has 2 saturated heterocycles. The van der Waals surface area contributed by atoms with Crippen molar-refractivity contribution in [2.45, 2.75) is 37.8 Å². The molecule has 13 heavy (non-hydrogen) atoms. The molecular formula is C10H20N2O. The summed E-state index contributed by atoms with van der Waals surface area (Å²) in [4.78, 5) is 2.55. The van der Waals surface area contributed by atoms with Gasteiger partial charge >= 0.3 is 0 Å². The molecule has 3 heteroatoms. The van der Waals surface area contributed by atoms with Gasteiger partial charge in [0.25, 0.3) is 0 Å². The molecule has 0 spiro atoms. The Morgan fingerprint density at radius 3 is 2.85 bits per heavy atom. The first kappa shape index (κ1) is 9.44. The van der Waals surface area contributed by atoms with Crippen LogP contribution in [0.5, 0.6) is 0 Å². The van der Waals surface area contributed by atoms with Gasteiger partial charge in [0.05, 0.1) is 0 Å². The largest absolute Gasteiger partial charge is 0.381 e. The van der Waals surface area contributed by atoms with Gasteiger partial charge in [-0.05, 0) is 25.7 Å². The van der Waals surface area contributed by atoms with Gasteiger partial charge in [0.2, 0.25) is 0 Å². The predicted octanol–water partition coefficient (Wildman–Crippen LogP) is 0.588. The van der Waals surface area contributed by atoms with Gasteiger partial charge in [-0.3, -0.25) is 4.90 Å². The summed E-state index contributed by atoms with van der Waals surface area (Å²) in [6, 6.07) is 1.17. The fourth-order valence-electron chi connectivity index (χ4n) is 2.40. The summed E-state index contributed by atoms with van der Waals surface area (Å²) in [6.45, 7) is 4.20. The summed E-state index contributed by atoms with van der Waals surface area (Å²) in [7, 11) is 0. The van der Waals surface area contributed by atoms with E-state index in [1.165, 1.54) is 32.2 Å². The van der Waals surface area contributed by atoms with Gasteiger partial charge in [-0.15, -0.1) is 0 Å². The van der Waals surface area contributed by atoms with E-state index in [-0.39, 0.29) is 0 Å². The molecule has 0 aromatic heterocycles. The maximum atomic E-state index is 5.90. The second kappa shape index (κ2) is 4.40. The third-order valence-corrected chi connectivity index (χ3v) is 3.19. The maximum absolute atomic E-state index is 5.90. The van der Waals surface area contributed by atoms with E-state index in [1.54, 1.807) is 0 Å². The van der Waals surface area contributed by atoms with Crippen LogP contribution in [0.25, 0.3) is 0 Å². The van der Waals surface area contributed by atoms with E-state index in [2.05, 4.69) is 4.90 Å². The highest BCUT2D eigenvalue weighted by atomic mass is 16.5. The molecule has 0 radical (unpaired) electrons. The third-order valence-electron chi connectivity index (χ3n) is 3.19. The standard InChI is InChI=1S/C10H20N2O/c11-9-3-5-12(8-9)10-2-1-6-13-7-4-10/h9-10H,1-8,11H2/t9-,10?/m0/s1. The predicted molar refractivity (Wildman–Crippen MR) is 52.6 cm³/mol. The number of nitrogens with zero attached hydrogens (tertiary/aromatic N) is 1. The molecule has 0 bridgehead atoms. The van der Waals surface area contributed by atoms with E-state index in [1.807, 2.05) is 0 Å². The van der Waals surface area contributed by atoms with Crippen molar-refractivity contribution in [2.75, 3.05) is 26.3 Å². The number of ether oxygens (including phenoxy) is 1. The zero-order valence-electron chi connectivity index (χ0n) is 8.24. The summed E-state index contributed by atoms with van der Waals surface area (Å²) in [5.74, 6) is 0. The number of rotatable bonds is 1. The van der Waals surface area contributed by atoms with Gasteiger partial charge < -0.3 is 10.5 Å². The van der Waals surface area contributed by atoms with Crippen LogP contribution in [0.2, 0.25) is 0 Å². The minimum atomic E-state index is 0.421. The van der Waals surface area contributed by atoms with Crippen molar-refractivity contribution in [2.24, 2.45) is 5.73 Å². The average molecular weight is 184 g/mol. The molecule has 2 heterocycles. The number of nitrogens with two attached hydrogens (primary N) is 1. The van der Waals surface area contributed by atoms with Crippen molar-refractivity contribution in [3.8, 4) is 0 Å². The molecule has 1 unspecified atom stereocenters. The molecule has 2 rings (SSSR count). The Balaban J connectivity index is 1.84. The van der Waals surface area contributed by atoms with E-state index < -0.39 is 0 Å². The molecular weight excluding hydrogens is 164 g/mol. The molecule has 2 fully saturated rings. The van der Waals surface area contributed by atoms with E-state index in [0.29, 0.717) is 6.04 Å². The second-order valence-electron chi connectivity index (χ2n) is 4.24. The van der Waals surface area contributed by atoms with Crippen molar-refractivity contribution >= 4 is 0 Å². The lowest BCUT2D eigenvalue weighted by atomic mass is 10.1. The quantitative estimate of drug-likeness (QED) is 0.648. The normalized spacial score (nSPS) is 37.6. The van der Waals surface area contributed by atoms with Crippen LogP contribution in [0.15, 0.2) is 0 Å². The summed E-state index contributed by atoms with van der Waals surface area (Å²) in [6.07, 6.45) is 4.90. The fraction of sp³-hybridized carbons (Fsp3) is 1.00. The molecule has 0 aliphatic carbocycles. The summed E-state index contributed by atoms with van der Waals surface area (Å²) in [5, 5.41) is 0. The molecule has 2 aliphatic rings. The second-order valence-corrected chi connectivity index (χ2v) is 4.24. The smallest absolute Gasteiger partial charge is 0.0480 e. The van der Waals surface area contributed by atoms with Crippen LogP contribution in [0, 0.1) is 0 Å². The molecule has 0 amide bonds. The van der Waals surface area contributed by atoms with Crippen LogP contribution in [-0.4, -0.2) is 43.3 Å². The number of hydrogen-bond acceptors (Lipinski definition) is 3. The zero-order valence-corrected chi connectivity index (χ0v) is 8.24. The van der Waals surface area contributed by atoms with Gasteiger partial charge in [0, 0.05) is 38.4 Å². The third kappa shape index (κ3) is 2.42. The Bertz CT molecular complexity index is 155. The average Bonchev–Trinajstić information content (AvgIpc) is 2.43. The molecule has 0 aromatic rings. The summed E-state index contributed by atoms with van der Waals surface area (Å²) in [5.41, 5.74) is 5.90. The van der Waals surface area contributed by atoms with Gasteiger partial charge in [-0.1, -0.05) is 0 Å². The van der Waals surface area contributed by atoms with Gasteiger partial charge in [0.1, 0.15) is 0 Å². The molecule has 2 aliphatic heterocycles. The SMILES string of the molecule is N[C@H]1CCN(C2CCCOCC2)C1. The van der Waals surface area contributed by atoms with E-state index in [0.717, 1.165) is 25.8 Å². The topological polar surface area (TPSA) is 38.5 Å². The van der Waals surface area contributed by atoms with Crippen molar-refractivity contribution in [3.63, 3.8) is 0 Å². The first-order valence-electron chi connectivity index (χ1n) is 5.43. The number of likely N-dealkylation sites (tertiary alicyclic amines) is 1. The summed E-state index contributed by atoms with van der Waals surface area (Å²) >= 11 is 0. The van der Waals surface area contributed by atoms with Crippen LogP contribution in [0.1, 0.15) is 25.7 Å². The molecule has 0 saturated carbocycles. The van der Waals surface area contributed by atoms with Crippen molar-refractivity contribution in [1.29, 1.82) is 0 Å². The Labute approximate surface area is 80.2 Å². The number of hydrogen-bond donors (Lipinski definition) is 1. The lowest BCUT2D eigenvalue weighted by Crippen LogP contribution is -2.35. The van der Waals surface area contributed by atoms with E-state index in [9.17, 15) is 0 Å². The van der Waals surface area contributed by atoms with Crippen molar-refractivity contribution in [1.82, 2.24) is 4.90 Å². The molecule has 3 nitrogen and oxygen atoms in total. The van der Waals surface area contributed by atoms with Crippen LogP contribution in [0.4, 0.5) is 0 Å². The van der Waals surface area contributed by atoms with Crippen LogP contribution in [0.3, 0.4) is 0 Å². The molecule has 76 valence electrons.